The summed E-state index contributed by atoms with van der Waals surface area (Å²) in [6.45, 7) is 2.34. The van der Waals surface area contributed by atoms with E-state index in [-0.39, 0.29) is 18.0 Å². The summed E-state index contributed by atoms with van der Waals surface area (Å²) in [7, 11) is 7.46. The first kappa shape index (κ1) is 16.3. The quantitative estimate of drug-likeness (QED) is 0.311. The summed E-state index contributed by atoms with van der Waals surface area (Å²) in [5, 5.41) is 15.2. The molecule has 0 heterocycles. The molecule has 0 aromatic heterocycles. The number of amides is 1. The second-order valence-electron chi connectivity index (χ2n) is 4.05. The van der Waals surface area contributed by atoms with E-state index >= 15 is 0 Å². The maximum Gasteiger partial charge on any atom is 0.237 e. The fraction of sp³-hybridized carbons (Fsp3) is 0.909. The van der Waals surface area contributed by atoms with Gasteiger partial charge in [-0.1, -0.05) is 0 Å². The van der Waals surface area contributed by atoms with Crippen molar-refractivity contribution in [2.75, 3.05) is 47.8 Å². The summed E-state index contributed by atoms with van der Waals surface area (Å²) in [5.74, 6) is 0.0539. The third-order valence-corrected chi connectivity index (χ3v) is 2.60. The Morgan fingerprint density at radius 1 is 1.00 bits per heavy atom. The Bertz CT molecular complexity index is 194. The molecule has 0 rings (SSSR count). The highest BCUT2D eigenvalue weighted by Gasteiger charge is 2.18. The molecule has 6 heteroatoms. The minimum absolute atomic E-state index is 0.0539. The fourth-order valence-corrected chi connectivity index (χ4v) is 1.66. The van der Waals surface area contributed by atoms with Gasteiger partial charge in [-0.15, -0.1) is 0 Å². The lowest BCUT2D eigenvalue weighted by atomic mass is 10.1. The van der Waals surface area contributed by atoms with Gasteiger partial charge in [0.2, 0.25) is 5.91 Å². The zero-order valence-corrected chi connectivity index (χ0v) is 11.4. The van der Waals surface area contributed by atoms with Crippen molar-refractivity contribution in [3.05, 3.63) is 0 Å². The standard InChI is InChI=1S/C11H27N5O/c1-12-6-5-10(15-4)11(17)16-9(7-13-2)8-14-3/h9-10,12-15H,5-8H2,1-4H3,(H,16,17)/t10-/m0/s1. The van der Waals surface area contributed by atoms with E-state index in [2.05, 4.69) is 26.6 Å². The van der Waals surface area contributed by atoms with Crippen LogP contribution in [0.2, 0.25) is 0 Å². The second-order valence-corrected chi connectivity index (χ2v) is 4.05. The monoisotopic (exact) mass is 245 g/mol. The van der Waals surface area contributed by atoms with E-state index < -0.39 is 0 Å². The predicted molar refractivity (Wildman–Crippen MR) is 71.2 cm³/mol. The molecule has 0 saturated carbocycles. The average molecular weight is 245 g/mol. The van der Waals surface area contributed by atoms with Crippen molar-refractivity contribution < 1.29 is 4.79 Å². The van der Waals surface area contributed by atoms with Crippen molar-refractivity contribution in [1.29, 1.82) is 0 Å². The van der Waals surface area contributed by atoms with Crippen LogP contribution >= 0.6 is 0 Å². The van der Waals surface area contributed by atoms with Gasteiger partial charge in [0.1, 0.15) is 0 Å². The summed E-state index contributed by atoms with van der Waals surface area (Å²) in [4.78, 5) is 12.0. The van der Waals surface area contributed by atoms with Gasteiger partial charge in [0.25, 0.3) is 0 Å². The van der Waals surface area contributed by atoms with Crippen molar-refractivity contribution in [2.24, 2.45) is 0 Å². The van der Waals surface area contributed by atoms with Crippen LogP contribution in [-0.4, -0.2) is 65.8 Å². The van der Waals surface area contributed by atoms with E-state index in [0.29, 0.717) is 0 Å². The lowest BCUT2D eigenvalue weighted by molar-refractivity contribution is -0.123. The molecule has 0 unspecified atom stereocenters. The molecule has 0 radical (unpaired) electrons. The smallest absolute Gasteiger partial charge is 0.237 e. The van der Waals surface area contributed by atoms with Crippen molar-refractivity contribution >= 4 is 5.91 Å². The number of rotatable bonds is 10. The minimum atomic E-state index is -0.140. The summed E-state index contributed by atoms with van der Waals surface area (Å²) in [5.41, 5.74) is 0. The molecule has 0 saturated heterocycles. The van der Waals surface area contributed by atoms with Gasteiger partial charge in [0.15, 0.2) is 0 Å². The highest BCUT2D eigenvalue weighted by Crippen LogP contribution is 1.92. The summed E-state index contributed by atoms with van der Waals surface area (Å²) < 4.78 is 0. The zero-order chi connectivity index (χ0) is 13.1. The lowest BCUT2D eigenvalue weighted by Gasteiger charge is -2.22. The number of carbonyl (C=O) groups is 1. The number of nitrogens with one attached hydrogen (secondary N) is 5. The average Bonchev–Trinajstić information content (AvgIpc) is 2.30. The Morgan fingerprint density at radius 3 is 2.00 bits per heavy atom. The van der Waals surface area contributed by atoms with Gasteiger partial charge in [-0.2, -0.15) is 0 Å². The first-order valence-electron chi connectivity index (χ1n) is 6.11. The third kappa shape index (κ3) is 7.27. The van der Waals surface area contributed by atoms with Gasteiger partial charge in [0, 0.05) is 13.1 Å². The van der Waals surface area contributed by atoms with Crippen molar-refractivity contribution in [2.45, 2.75) is 18.5 Å². The molecule has 5 N–H and O–H groups in total. The molecular formula is C11H27N5O. The lowest BCUT2D eigenvalue weighted by Crippen LogP contribution is -2.52. The Balaban J connectivity index is 4.14. The van der Waals surface area contributed by atoms with Gasteiger partial charge in [-0.05, 0) is 41.2 Å². The summed E-state index contributed by atoms with van der Waals surface area (Å²) >= 11 is 0. The van der Waals surface area contributed by atoms with Crippen LogP contribution in [-0.2, 0) is 4.79 Å². The second kappa shape index (κ2) is 10.5. The Kier molecular flexibility index (Phi) is 10.0. The van der Waals surface area contributed by atoms with Gasteiger partial charge in [-0.3, -0.25) is 4.79 Å². The zero-order valence-electron chi connectivity index (χ0n) is 11.4. The maximum atomic E-state index is 12.0. The fourth-order valence-electron chi connectivity index (χ4n) is 1.66. The highest BCUT2D eigenvalue weighted by molar-refractivity contribution is 5.82. The first-order chi connectivity index (χ1) is 8.19. The van der Waals surface area contributed by atoms with Crippen LogP contribution in [0.15, 0.2) is 0 Å². The highest BCUT2D eigenvalue weighted by atomic mass is 16.2. The van der Waals surface area contributed by atoms with E-state index in [1.165, 1.54) is 0 Å². The molecule has 0 bridgehead atoms. The molecule has 0 aromatic carbocycles. The van der Waals surface area contributed by atoms with Crippen LogP contribution in [0.1, 0.15) is 6.42 Å². The van der Waals surface area contributed by atoms with Crippen LogP contribution in [0.5, 0.6) is 0 Å². The van der Waals surface area contributed by atoms with Gasteiger partial charge >= 0.3 is 0 Å². The molecule has 1 atom stereocenters. The molecule has 0 aliphatic heterocycles. The topological polar surface area (TPSA) is 77.2 Å². The summed E-state index contributed by atoms with van der Waals surface area (Å²) in [6, 6.07) is -0.0263. The molecule has 1 amide bonds. The third-order valence-electron chi connectivity index (χ3n) is 2.60. The Morgan fingerprint density at radius 2 is 1.59 bits per heavy atom. The molecule has 17 heavy (non-hydrogen) atoms. The van der Waals surface area contributed by atoms with Gasteiger partial charge in [-0.25, -0.2) is 0 Å². The number of likely N-dealkylation sites (N-methyl/N-ethyl adjacent to an activating group) is 3. The molecule has 0 spiro atoms. The molecule has 102 valence electrons. The summed E-state index contributed by atoms with van der Waals surface area (Å²) in [6.07, 6.45) is 0.782. The van der Waals surface area contributed by atoms with Crippen LogP contribution in [0.25, 0.3) is 0 Å². The van der Waals surface area contributed by atoms with Crippen LogP contribution in [0.4, 0.5) is 0 Å². The Hall–Kier alpha value is -0.690. The normalized spacial score (nSPS) is 12.8. The van der Waals surface area contributed by atoms with Crippen LogP contribution in [0.3, 0.4) is 0 Å². The molecule has 0 aromatic rings. The van der Waals surface area contributed by atoms with E-state index in [9.17, 15) is 4.79 Å². The van der Waals surface area contributed by atoms with Crippen molar-refractivity contribution in [3.8, 4) is 0 Å². The number of hydrogen-bond acceptors (Lipinski definition) is 5. The van der Waals surface area contributed by atoms with E-state index in [0.717, 1.165) is 26.1 Å². The largest absolute Gasteiger partial charge is 0.349 e. The number of carbonyl (C=O) groups excluding carboxylic acids is 1. The molecule has 0 fully saturated rings. The van der Waals surface area contributed by atoms with Gasteiger partial charge < -0.3 is 26.6 Å². The van der Waals surface area contributed by atoms with Gasteiger partial charge in [0.05, 0.1) is 12.1 Å². The minimum Gasteiger partial charge on any atom is -0.349 e. The number of hydrogen-bond donors (Lipinski definition) is 5. The van der Waals surface area contributed by atoms with Crippen LogP contribution < -0.4 is 26.6 Å². The SMILES string of the molecule is CNCC[C@H](NC)C(=O)NC(CNC)CNC. The molecule has 6 nitrogen and oxygen atoms in total. The van der Waals surface area contributed by atoms with E-state index in [4.69, 9.17) is 0 Å². The first-order valence-corrected chi connectivity index (χ1v) is 6.11. The van der Waals surface area contributed by atoms with Crippen molar-refractivity contribution in [1.82, 2.24) is 26.6 Å². The van der Waals surface area contributed by atoms with E-state index in [1.807, 2.05) is 28.2 Å². The molecule has 0 aliphatic rings. The predicted octanol–water partition coefficient (Wildman–Crippen LogP) is -1.89. The van der Waals surface area contributed by atoms with Crippen molar-refractivity contribution in [3.63, 3.8) is 0 Å². The molecular weight excluding hydrogens is 218 g/mol. The Labute approximate surface area is 104 Å². The molecule has 0 aliphatic carbocycles. The van der Waals surface area contributed by atoms with E-state index in [1.54, 1.807) is 0 Å². The van der Waals surface area contributed by atoms with Crippen LogP contribution in [0, 0.1) is 0 Å². The maximum absolute atomic E-state index is 12.0.